The molecule has 1 amide bonds. The zero-order chi connectivity index (χ0) is 19.7. The van der Waals surface area contributed by atoms with E-state index in [0.717, 1.165) is 5.56 Å². The highest BCUT2D eigenvalue weighted by Gasteiger charge is 2.35. The Morgan fingerprint density at radius 3 is 2.79 bits per heavy atom. The number of nitrogens with zero attached hydrogens (tertiary/aromatic N) is 4. The van der Waals surface area contributed by atoms with E-state index in [1.165, 1.54) is 19.5 Å². The van der Waals surface area contributed by atoms with Crippen LogP contribution in [0.4, 0.5) is 10.2 Å². The minimum absolute atomic E-state index is 0.0622. The Morgan fingerprint density at radius 1 is 1.25 bits per heavy atom. The molecule has 4 rings (SSSR count). The summed E-state index contributed by atoms with van der Waals surface area (Å²) in [6.45, 7) is 1.28. The summed E-state index contributed by atoms with van der Waals surface area (Å²) >= 11 is 0. The van der Waals surface area contributed by atoms with E-state index >= 15 is 0 Å². The maximum atomic E-state index is 14.0. The molecule has 2 heterocycles. The molecule has 0 radical (unpaired) electrons. The predicted octanol–water partition coefficient (Wildman–Crippen LogP) is 3.01. The van der Waals surface area contributed by atoms with E-state index in [0.29, 0.717) is 36.2 Å². The number of methoxy groups -OCH3 is 1. The summed E-state index contributed by atoms with van der Waals surface area (Å²) in [6.07, 6.45) is 2.09. The van der Waals surface area contributed by atoms with E-state index < -0.39 is 5.82 Å². The second-order valence-corrected chi connectivity index (χ2v) is 6.86. The Morgan fingerprint density at radius 2 is 2.04 bits per heavy atom. The van der Waals surface area contributed by atoms with Crippen LogP contribution >= 0.6 is 0 Å². The molecular formula is C21H21FN4O2. The third kappa shape index (κ3) is 3.24. The van der Waals surface area contributed by atoms with Crippen molar-refractivity contribution in [2.24, 2.45) is 0 Å². The lowest BCUT2D eigenvalue weighted by Gasteiger charge is -2.26. The number of benzene rings is 2. The lowest BCUT2D eigenvalue weighted by atomic mass is 10.1. The first-order chi connectivity index (χ1) is 13.6. The summed E-state index contributed by atoms with van der Waals surface area (Å²) in [6, 6.07) is 12.5. The maximum Gasteiger partial charge on any atom is 0.245 e. The maximum absolute atomic E-state index is 14.0. The number of halogens is 1. The quantitative estimate of drug-likeness (QED) is 0.681. The number of hydrogen-bond acceptors (Lipinski definition) is 5. The van der Waals surface area contributed by atoms with Crippen LogP contribution in [0.3, 0.4) is 0 Å². The van der Waals surface area contributed by atoms with E-state index in [9.17, 15) is 9.18 Å². The second-order valence-electron chi connectivity index (χ2n) is 6.86. The monoisotopic (exact) mass is 380 g/mol. The van der Waals surface area contributed by atoms with Gasteiger partial charge in [0.05, 0.1) is 12.6 Å². The molecule has 0 N–H and O–H groups in total. The number of likely N-dealkylation sites (N-methyl/N-ethyl adjacent to an activating group) is 1. The summed E-state index contributed by atoms with van der Waals surface area (Å²) in [5, 5.41) is 0.651. The first kappa shape index (κ1) is 18.2. The van der Waals surface area contributed by atoms with Crippen LogP contribution in [0.25, 0.3) is 10.9 Å². The fraction of sp³-hybridized carbons (Fsp3) is 0.286. The van der Waals surface area contributed by atoms with E-state index in [-0.39, 0.29) is 17.7 Å². The molecule has 3 aromatic rings. The molecule has 1 unspecified atom stereocenters. The molecule has 1 aliphatic heterocycles. The fourth-order valence-electron chi connectivity index (χ4n) is 3.67. The molecule has 0 saturated carbocycles. The van der Waals surface area contributed by atoms with Crippen LogP contribution in [0, 0.1) is 5.82 Å². The lowest BCUT2D eigenvalue weighted by Crippen LogP contribution is -2.40. The van der Waals surface area contributed by atoms with Gasteiger partial charge in [0.1, 0.15) is 18.2 Å². The molecule has 1 atom stereocenters. The van der Waals surface area contributed by atoms with Gasteiger partial charge in [-0.3, -0.25) is 4.79 Å². The lowest BCUT2D eigenvalue weighted by molar-refractivity contribution is -0.129. The normalized spacial score (nSPS) is 16.6. The predicted molar refractivity (Wildman–Crippen MR) is 105 cm³/mol. The Kier molecular flexibility index (Phi) is 4.81. The molecule has 2 aromatic carbocycles. The molecule has 28 heavy (non-hydrogen) atoms. The van der Waals surface area contributed by atoms with Gasteiger partial charge in [-0.15, -0.1) is 0 Å². The summed E-state index contributed by atoms with van der Waals surface area (Å²) < 4.78 is 19.1. The van der Waals surface area contributed by atoms with Gasteiger partial charge in [0.25, 0.3) is 0 Å². The molecule has 144 valence electrons. The molecule has 1 aliphatic rings. The van der Waals surface area contributed by atoms with Crippen molar-refractivity contribution in [1.29, 1.82) is 0 Å². The zero-order valence-corrected chi connectivity index (χ0v) is 15.8. The first-order valence-electron chi connectivity index (χ1n) is 9.12. The Bertz CT molecular complexity index is 1010. The highest BCUT2D eigenvalue weighted by Crippen LogP contribution is 2.31. The number of aromatic nitrogens is 2. The third-order valence-electron chi connectivity index (χ3n) is 5.17. The number of ether oxygens (including phenoxy) is 1. The number of carbonyl (C=O) groups excluding carboxylic acids is 1. The van der Waals surface area contributed by atoms with Crippen LogP contribution in [0.15, 0.2) is 48.8 Å². The van der Waals surface area contributed by atoms with Crippen molar-refractivity contribution < 1.29 is 13.9 Å². The topological polar surface area (TPSA) is 58.6 Å². The standard InChI is InChI=1S/C21H21FN4O2/c1-25(18-8-9-26(21(18)27)12-14-6-4-3-5-7-14)20-15-10-19(28-2)16(22)11-17(15)23-13-24-20/h3-7,10-11,13,18H,8-9,12H2,1-2H3. The molecule has 0 spiro atoms. The SMILES string of the molecule is COc1cc2c(N(C)C3CCN(Cc4ccccc4)C3=O)ncnc2cc1F. The smallest absolute Gasteiger partial charge is 0.245 e. The molecule has 1 aromatic heterocycles. The number of hydrogen-bond donors (Lipinski definition) is 0. The number of carbonyl (C=O) groups is 1. The van der Waals surface area contributed by atoms with Gasteiger partial charge < -0.3 is 14.5 Å². The molecule has 1 saturated heterocycles. The summed E-state index contributed by atoms with van der Waals surface area (Å²) in [4.78, 5) is 25.2. The molecular weight excluding hydrogens is 359 g/mol. The van der Waals surface area contributed by atoms with Crippen LogP contribution in [0.2, 0.25) is 0 Å². The number of fused-ring (bicyclic) bond motifs is 1. The van der Waals surface area contributed by atoms with Crippen molar-refractivity contribution >= 4 is 22.6 Å². The van der Waals surface area contributed by atoms with Crippen molar-refractivity contribution in [2.75, 3.05) is 25.6 Å². The number of likely N-dealkylation sites (tertiary alicyclic amines) is 1. The average molecular weight is 380 g/mol. The van der Waals surface area contributed by atoms with Crippen molar-refractivity contribution in [3.63, 3.8) is 0 Å². The average Bonchev–Trinajstić information content (AvgIpc) is 3.07. The number of rotatable bonds is 5. The molecule has 7 heteroatoms. The van der Waals surface area contributed by atoms with Gasteiger partial charge in [0.2, 0.25) is 5.91 Å². The second kappa shape index (κ2) is 7.42. The van der Waals surface area contributed by atoms with Crippen molar-refractivity contribution in [3.8, 4) is 5.75 Å². The van der Waals surface area contributed by atoms with E-state index in [2.05, 4.69) is 9.97 Å². The van der Waals surface area contributed by atoms with Crippen LogP contribution in [-0.2, 0) is 11.3 Å². The van der Waals surface area contributed by atoms with Crippen LogP contribution < -0.4 is 9.64 Å². The van der Waals surface area contributed by atoms with Gasteiger partial charge in [-0.1, -0.05) is 30.3 Å². The Hall–Kier alpha value is -3.22. The Balaban J connectivity index is 1.61. The number of amides is 1. The van der Waals surface area contributed by atoms with Crippen molar-refractivity contribution in [2.45, 2.75) is 19.0 Å². The van der Waals surface area contributed by atoms with Gasteiger partial charge in [-0.25, -0.2) is 14.4 Å². The van der Waals surface area contributed by atoms with Gasteiger partial charge in [0.15, 0.2) is 11.6 Å². The summed E-state index contributed by atoms with van der Waals surface area (Å²) in [5.74, 6) is 0.295. The van der Waals surface area contributed by atoms with Gasteiger partial charge >= 0.3 is 0 Å². The van der Waals surface area contributed by atoms with Crippen molar-refractivity contribution in [1.82, 2.24) is 14.9 Å². The van der Waals surface area contributed by atoms with Gasteiger partial charge in [0, 0.05) is 31.6 Å². The summed E-state index contributed by atoms with van der Waals surface area (Å²) in [7, 11) is 3.26. The van der Waals surface area contributed by atoms with Gasteiger partial charge in [-0.2, -0.15) is 0 Å². The molecule has 6 nitrogen and oxygen atoms in total. The van der Waals surface area contributed by atoms with Crippen LogP contribution in [-0.4, -0.2) is 47.5 Å². The minimum atomic E-state index is -0.478. The third-order valence-corrected chi connectivity index (χ3v) is 5.17. The van der Waals surface area contributed by atoms with Crippen LogP contribution in [0.1, 0.15) is 12.0 Å². The van der Waals surface area contributed by atoms with E-state index in [1.54, 1.807) is 6.07 Å². The first-order valence-corrected chi connectivity index (χ1v) is 9.12. The van der Waals surface area contributed by atoms with Crippen molar-refractivity contribution in [3.05, 3.63) is 60.2 Å². The number of anilines is 1. The minimum Gasteiger partial charge on any atom is -0.494 e. The van der Waals surface area contributed by atoms with E-state index in [1.807, 2.05) is 47.2 Å². The Labute approximate surface area is 162 Å². The largest absolute Gasteiger partial charge is 0.494 e. The van der Waals surface area contributed by atoms with E-state index in [4.69, 9.17) is 4.74 Å². The zero-order valence-electron chi connectivity index (χ0n) is 15.8. The van der Waals surface area contributed by atoms with Gasteiger partial charge in [-0.05, 0) is 18.1 Å². The molecule has 0 aliphatic carbocycles. The highest BCUT2D eigenvalue weighted by molar-refractivity contribution is 5.94. The molecule has 0 bridgehead atoms. The highest BCUT2D eigenvalue weighted by atomic mass is 19.1. The fourth-order valence-corrected chi connectivity index (χ4v) is 3.67. The van der Waals surface area contributed by atoms with Crippen LogP contribution in [0.5, 0.6) is 5.75 Å². The molecule has 1 fully saturated rings. The summed E-state index contributed by atoms with van der Waals surface area (Å²) in [5.41, 5.74) is 1.58.